The van der Waals surface area contributed by atoms with E-state index in [0.29, 0.717) is 17.3 Å². The molecule has 0 aliphatic heterocycles. The molecule has 3 N–H and O–H groups in total. The van der Waals surface area contributed by atoms with Gasteiger partial charge in [-0.15, -0.1) is 12.4 Å². The van der Waals surface area contributed by atoms with Gasteiger partial charge in [-0.05, 0) is 53.9 Å². The molecule has 0 aliphatic carbocycles. The molecule has 2 heterocycles. The molecule has 148 valence electrons. The number of hydrogen-bond donors (Lipinski definition) is 3. The van der Waals surface area contributed by atoms with E-state index in [4.69, 9.17) is 0 Å². The van der Waals surface area contributed by atoms with Gasteiger partial charge in [0, 0.05) is 23.0 Å². The summed E-state index contributed by atoms with van der Waals surface area (Å²) in [5.74, 6) is 0.735. The van der Waals surface area contributed by atoms with Gasteiger partial charge >= 0.3 is 0 Å². The highest BCUT2D eigenvalue weighted by atomic mass is 35.5. The molecule has 4 aromatic rings. The molecule has 0 fully saturated rings. The van der Waals surface area contributed by atoms with Crippen molar-refractivity contribution in [2.45, 2.75) is 19.8 Å². The van der Waals surface area contributed by atoms with Crippen LogP contribution < -0.4 is 10.6 Å². The zero-order valence-electron chi connectivity index (χ0n) is 16.1. The maximum atomic E-state index is 12.8. The standard InChI is InChI=1S/C22H21N5O.ClH/c1-14(2)15-5-8-17(9-6-15)26-22(28)19-4-3-11-23-21(19)25-18-10-7-16-13-24-27-20(16)12-18;/h3-14H,1-2H3,(H,23,25)(H,24,27)(H,26,28);1H. The Kier molecular flexibility index (Phi) is 6.14. The summed E-state index contributed by atoms with van der Waals surface area (Å²) in [5, 5.41) is 14.2. The number of rotatable bonds is 5. The van der Waals surface area contributed by atoms with Gasteiger partial charge in [0.15, 0.2) is 0 Å². The second-order valence-corrected chi connectivity index (χ2v) is 6.93. The average Bonchev–Trinajstić information content (AvgIpc) is 3.16. The van der Waals surface area contributed by atoms with Crippen LogP contribution in [0.5, 0.6) is 0 Å². The van der Waals surface area contributed by atoms with Crippen LogP contribution in [0.1, 0.15) is 35.7 Å². The Balaban J connectivity index is 0.00000240. The molecule has 7 heteroatoms. The first-order valence-electron chi connectivity index (χ1n) is 9.16. The normalized spacial score (nSPS) is 10.6. The van der Waals surface area contributed by atoms with Crippen molar-refractivity contribution in [3.05, 3.63) is 78.1 Å². The SMILES string of the molecule is CC(C)c1ccc(NC(=O)c2cccnc2Nc2ccc3cn[nH]c3c2)cc1.Cl. The Hall–Kier alpha value is -3.38. The number of aromatic amines is 1. The van der Waals surface area contributed by atoms with Crippen molar-refractivity contribution in [1.29, 1.82) is 0 Å². The molecule has 0 spiro atoms. The van der Waals surface area contributed by atoms with Crippen LogP contribution in [0.15, 0.2) is 67.0 Å². The van der Waals surface area contributed by atoms with Gasteiger partial charge in [-0.25, -0.2) is 4.98 Å². The number of amides is 1. The highest BCUT2D eigenvalue weighted by molar-refractivity contribution is 6.07. The minimum absolute atomic E-state index is 0. The largest absolute Gasteiger partial charge is 0.340 e. The molecule has 0 saturated carbocycles. The summed E-state index contributed by atoms with van der Waals surface area (Å²) in [4.78, 5) is 17.2. The van der Waals surface area contributed by atoms with Gasteiger partial charge < -0.3 is 10.6 Å². The fraction of sp³-hybridized carbons (Fsp3) is 0.136. The van der Waals surface area contributed by atoms with E-state index in [1.54, 1.807) is 24.5 Å². The van der Waals surface area contributed by atoms with Crippen LogP contribution in [0.4, 0.5) is 17.2 Å². The molecule has 2 aromatic carbocycles. The topological polar surface area (TPSA) is 82.7 Å². The van der Waals surface area contributed by atoms with Crippen LogP contribution in [0.2, 0.25) is 0 Å². The van der Waals surface area contributed by atoms with Gasteiger partial charge in [-0.1, -0.05) is 26.0 Å². The molecular weight excluding hydrogens is 386 g/mol. The van der Waals surface area contributed by atoms with E-state index in [1.807, 2.05) is 42.5 Å². The fourth-order valence-electron chi connectivity index (χ4n) is 2.99. The maximum Gasteiger partial charge on any atom is 0.259 e. The number of H-pyrrole nitrogens is 1. The molecule has 0 unspecified atom stereocenters. The summed E-state index contributed by atoms with van der Waals surface area (Å²) in [5.41, 5.74) is 4.20. The summed E-state index contributed by atoms with van der Waals surface area (Å²) in [6.45, 7) is 4.28. The number of carbonyl (C=O) groups excluding carboxylic acids is 1. The van der Waals surface area contributed by atoms with E-state index in [9.17, 15) is 4.79 Å². The fourth-order valence-corrected chi connectivity index (χ4v) is 2.99. The summed E-state index contributed by atoms with van der Waals surface area (Å²) < 4.78 is 0. The number of benzene rings is 2. The molecule has 0 radical (unpaired) electrons. The van der Waals surface area contributed by atoms with E-state index in [-0.39, 0.29) is 18.3 Å². The zero-order chi connectivity index (χ0) is 19.5. The number of aromatic nitrogens is 3. The molecule has 29 heavy (non-hydrogen) atoms. The lowest BCUT2D eigenvalue weighted by Crippen LogP contribution is -2.14. The average molecular weight is 408 g/mol. The van der Waals surface area contributed by atoms with Crippen LogP contribution in [-0.2, 0) is 0 Å². The molecule has 1 amide bonds. The third-order valence-electron chi connectivity index (χ3n) is 4.59. The van der Waals surface area contributed by atoms with Gasteiger partial charge in [0.25, 0.3) is 5.91 Å². The second-order valence-electron chi connectivity index (χ2n) is 6.93. The lowest BCUT2D eigenvalue weighted by atomic mass is 10.0. The number of nitrogens with zero attached hydrogens (tertiary/aromatic N) is 2. The van der Waals surface area contributed by atoms with Gasteiger partial charge in [0.05, 0.1) is 17.3 Å². The Bertz CT molecular complexity index is 1120. The third kappa shape index (κ3) is 4.55. The number of pyridine rings is 1. The zero-order valence-corrected chi connectivity index (χ0v) is 17.0. The Labute approximate surface area is 175 Å². The number of nitrogens with one attached hydrogen (secondary N) is 3. The minimum Gasteiger partial charge on any atom is -0.340 e. The number of halogens is 1. The van der Waals surface area contributed by atoms with Crippen molar-refractivity contribution in [2.24, 2.45) is 0 Å². The first kappa shape index (κ1) is 20.4. The van der Waals surface area contributed by atoms with Crippen molar-refractivity contribution in [3.63, 3.8) is 0 Å². The second kappa shape index (κ2) is 8.75. The van der Waals surface area contributed by atoms with Crippen molar-refractivity contribution in [2.75, 3.05) is 10.6 Å². The van der Waals surface area contributed by atoms with Crippen LogP contribution in [-0.4, -0.2) is 21.1 Å². The minimum atomic E-state index is -0.212. The molecule has 4 rings (SSSR count). The molecule has 0 saturated heterocycles. The van der Waals surface area contributed by atoms with Crippen molar-refractivity contribution in [1.82, 2.24) is 15.2 Å². The molecule has 0 aliphatic rings. The highest BCUT2D eigenvalue weighted by Crippen LogP contribution is 2.23. The molecule has 2 aromatic heterocycles. The lowest BCUT2D eigenvalue weighted by Gasteiger charge is -2.12. The van der Waals surface area contributed by atoms with Crippen molar-refractivity contribution < 1.29 is 4.79 Å². The lowest BCUT2D eigenvalue weighted by molar-refractivity contribution is 0.102. The summed E-state index contributed by atoms with van der Waals surface area (Å²) >= 11 is 0. The van der Waals surface area contributed by atoms with E-state index in [1.165, 1.54) is 5.56 Å². The first-order valence-corrected chi connectivity index (χ1v) is 9.16. The maximum absolute atomic E-state index is 12.8. The van der Waals surface area contributed by atoms with E-state index in [2.05, 4.69) is 39.7 Å². The Morgan fingerprint density at radius 3 is 2.55 bits per heavy atom. The quantitative estimate of drug-likeness (QED) is 0.408. The summed E-state index contributed by atoms with van der Waals surface area (Å²) in [6, 6.07) is 17.2. The molecule has 0 atom stereocenters. The Morgan fingerprint density at radius 1 is 1.03 bits per heavy atom. The van der Waals surface area contributed by atoms with Crippen LogP contribution in [0.25, 0.3) is 10.9 Å². The van der Waals surface area contributed by atoms with Gasteiger partial charge in [0.1, 0.15) is 5.82 Å². The summed E-state index contributed by atoms with van der Waals surface area (Å²) in [6.07, 6.45) is 3.43. The predicted molar refractivity (Wildman–Crippen MR) is 119 cm³/mol. The monoisotopic (exact) mass is 407 g/mol. The number of carbonyl (C=O) groups is 1. The first-order chi connectivity index (χ1) is 13.6. The van der Waals surface area contributed by atoms with E-state index in [0.717, 1.165) is 22.3 Å². The smallest absolute Gasteiger partial charge is 0.259 e. The Morgan fingerprint density at radius 2 is 1.79 bits per heavy atom. The molecular formula is C22H22ClN5O. The van der Waals surface area contributed by atoms with Crippen LogP contribution >= 0.6 is 12.4 Å². The van der Waals surface area contributed by atoms with Crippen molar-refractivity contribution >= 4 is 46.4 Å². The van der Waals surface area contributed by atoms with Crippen LogP contribution in [0, 0.1) is 0 Å². The van der Waals surface area contributed by atoms with E-state index >= 15 is 0 Å². The third-order valence-corrected chi connectivity index (χ3v) is 4.59. The van der Waals surface area contributed by atoms with Gasteiger partial charge in [-0.2, -0.15) is 5.10 Å². The van der Waals surface area contributed by atoms with Gasteiger partial charge in [0.2, 0.25) is 0 Å². The van der Waals surface area contributed by atoms with Crippen LogP contribution in [0.3, 0.4) is 0 Å². The molecule has 6 nitrogen and oxygen atoms in total. The predicted octanol–water partition coefficient (Wildman–Crippen LogP) is 5.50. The number of hydrogen-bond acceptors (Lipinski definition) is 4. The van der Waals surface area contributed by atoms with E-state index < -0.39 is 0 Å². The summed E-state index contributed by atoms with van der Waals surface area (Å²) in [7, 11) is 0. The van der Waals surface area contributed by atoms with Crippen molar-refractivity contribution in [3.8, 4) is 0 Å². The number of anilines is 3. The number of fused-ring (bicyclic) bond motifs is 1. The highest BCUT2D eigenvalue weighted by Gasteiger charge is 2.13. The molecule has 0 bridgehead atoms. The van der Waals surface area contributed by atoms with Gasteiger partial charge in [-0.3, -0.25) is 9.89 Å².